The summed E-state index contributed by atoms with van der Waals surface area (Å²) in [6.45, 7) is 1.60. The number of allylic oxidation sites excluding steroid dienone is 1. The van der Waals surface area contributed by atoms with E-state index in [0.29, 0.717) is 4.88 Å². The summed E-state index contributed by atoms with van der Waals surface area (Å²) in [7, 11) is 0. The van der Waals surface area contributed by atoms with E-state index >= 15 is 0 Å². The highest BCUT2D eigenvalue weighted by Gasteiger charge is 2.18. The van der Waals surface area contributed by atoms with E-state index in [1.807, 2.05) is 24.3 Å². The van der Waals surface area contributed by atoms with Crippen LogP contribution in [0.15, 0.2) is 34.1 Å². The highest BCUT2D eigenvalue weighted by atomic mass is 32.1. The zero-order valence-corrected chi connectivity index (χ0v) is 13.2. The first-order chi connectivity index (χ1) is 11.1. The predicted octanol–water partition coefficient (Wildman–Crippen LogP) is 2.44. The molecule has 1 aliphatic rings. The molecule has 0 radical (unpaired) electrons. The van der Waals surface area contributed by atoms with Crippen LogP contribution < -0.4 is 4.87 Å². The fraction of sp³-hybridized carbons (Fsp3) is 0.188. The minimum atomic E-state index is -0.560. The number of para-hydroxylation sites is 1. The van der Waals surface area contributed by atoms with Crippen LogP contribution in [0.1, 0.15) is 17.4 Å². The van der Waals surface area contributed by atoms with E-state index in [4.69, 9.17) is 4.74 Å². The lowest BCUT2D eigenvalue weighted by molar-refractivity contribution is -0.143. The molecule has 1 aliphatic heterocycles. The van der Waals surface area contributed by atoms with Crippen molar-refractivity contribution in [3.63, 3.8) is 0 Å². The molecule has 0 atom stereocenters. The summed E-state index contributed by atoms with van der Waals surface area (Å²) in [5.74, 6) is -0.798. The van der Waals surface area contributed by atoms with E-state index in [0.717, 1.165) is 32.7 Å². The molecule has 7 heteroatoms. The number of fused-ring (bicyclic) bond motifs is 1. The third-order valence-electron chi connectivity index (χ3n) is 3.33. The van der Waals surface area contributed by atoms with Gasteiger partial charge in [-0.3, -0.25) is 19.1 Å². The maximum atomic E-state index is 12.0. The molecule has 0 fully saturated rings. The first-order valence-corrected chi connectivity index (χ1v) is 7.85. The van der Waals surface area contributed by atoms with E-state index in [9.17, 15) is 14.7 Å². The van der Waals surface area contributed by atoms with Crippen LogP contribution >= 0.6 is 11.3 Å². The van der Waals surface area contributed by atoms with Gasteiger partial charge < -0.3 is 9.84 Å². The highest BCUT2D eigenvalue weighted by Crippen LogP contribution is 2.34. The zero-order valence-electron chi connectivity index (χ0n) is 12.4. The first kappa shape index (κ1) is 15.2. The Labute approximate surface area is 136 Å². The Morgan fingerprint density at radius 3 is 3.00 bits per heavy atom. The van der Waals surface area contributed by atoms with Gasteiger partial charge in [0.2, 0.25) is 5.88 Å². The topological polar surface area (TPSA) is 80.9 Å². The molecule has 0 spiro atoms. The molecular weight excluding hydrogens is 316 g/mol. The fourth-order valence-corrected chi connectivity index (χ4v) is 3.12. The number of hydrogen-bond acceptors (Lipinski definition) is 6. The molecule has 0 bridgehead atoms. The van der Waals surface area contributed by atoms with Crippen molar-refractivity contribution in [3.05, 3.63) is 44.4 Å². The molecule has 118 valence electrons. The molecule has 1 N–H and O–H groups in total. The Morgan fingerprint density at radius 2 is 2.22 bits per heavy atom. The lowest BCUT2D eigenvalue weighted by Crippen LogP contribution is -2.20. The number of rotatable bonds is 4. The summed E-state index contributed by atoms with van der Waals surface area (Å²) in [6, 6.07) is 7.60. The molecule has 2 heterocycles. The molecule has 3 rings (SSSR count). The second-order valence-corrected chi connectivity index (χ2v) is 5.82. The summed E-state index contributed by atoms with van der Waals surface area (Å²) in [5, 5.41) is 10.2. The van der Waals surface area contributed by atoms with E-state index in [1.165, 1.54) is 0 Å². The van der Waals surface area contributed by atoms with Crippen LogP contribution in [0.5, 0.6) is 5.88 Å². The lowest BCUT2D eigenvalue weighted by Gasteiger charge is -2.03. The van der Waals surface area contributed by atoms with E-state index in [2.05, 4.69) is 4.99 Å². The van der Waals surface area contributed by atoms with Gasteiger partial charge in [-0.2, -0.15) is 0 Å². The lowest BCUT2D eigenvalue weighted by atomic mass is 10.1. The molecule has 6 nitrogen and oxygen atoms in total. The van der Waals surface area contributed by atoms with Crippen LogP contribution in [-0.2, 0) is 16.1 Å². The second-order valence-electron chi connectivity index (χ2n) is 4.82. The van der Waals surface area contributed by atoms with E-state index < -0.39 is 10.8 Å². The van der Waals surface area contributed by atoms with Crippen molar-refractivity contribution >= 4 is 40.9 Å². The van der Waals surface area contributed by atoms with Gasteiger partial charge in [0, 0.05) is 17.4 Å². The fourth-order valence-electron chi connectivity index (χ4n) is 2.28. The van der Waals surface area contributed by atoms with E-state index in [1.54, 1.807) is 19.2 Å². The van der Waals surface area contributed by atoms with Crippen LogP contribution in [-0.4, -0.2) is 28.5 Å². The van der Waals surface area contributed by atoms with Gasteiger partial charge in [-0.05, 0) is 19.1 Å². The smallest absolute Gasteiger partial charge is 0.326 e. The highest BCUT2D eigenvalue weighted by molar-refractivity contribution is 7.10. The molecule has 1 aromatic heterocycles. The number of nitrogens with zero attached hydrogens (tertiary/aromatic N) is 2. The molecule has 0 saturated heterocycles. The van der Waals surface area contributed by atoms with Crippen molar-refractivity contribution in [2.24, 2.45) is 4.99 Å². The third-order valence-corrected chi connectivity index (χ3v) is 4.25. The standard InChI is InChI=1S/C16H14N2O4S/c1-2-22-14(19)9-18-15(20)13(23-16(18)21)7-10-8-17-12-6-4-3-5-11(10)12/h3-8,20H,2,9H2,1H3/b10-7+. The Kier molecular flexibility index (Phi) is 4.12. The average Bonchev–Trinajstić information content (AvgIpc) is 3.05. The zero-order chi connectivity index (χ0) is 16.4. The van der Waals surface area contributed by atoms with Gasteiger partial charge in [0.15, 0.2) is 0 Å². The predicted molar refractivity (Wildman–Crippen MR) is 89.3 cm³/mol. The molecular formula is C16H14N2O4S. The van der Waals surface area contributed by atoms with Gasteiger partial charge in [0.25, 0.3) is 0 Å². The van der Waals surface area contributed by atoms with Crippen LogP contribution in [0.3, 0.4) is 0 Å². The second kappa shape index (κ2) is 6.21. The molecule has 0 saturated carbocycles. The number of aromatic nitrogens is 1. The van der Waals surface area contributed by atoms with Crippen LogP contribution in [0.2, 0.25) is 0 Å². The van der Waals surface area contributed by atoms with Gasteiger partial charge in [0.1, 0.15) is 6.54 Å². The Hall–Kier alpha value is -2.67. The monoisotopic (exact) mass is 330 g/mol. The summed E-state index contributed by atoms with van der Waals surface area (Å²) in [6.07, 6.45) is 3.38. The Balaban J connectivity index is 1.94. The number of aromatic hydroxyl groups is 1. The number of carbonyl (C=O) groups is 1. The van der Waals surface area contributed by atoms with Crippen molar-refractivity contribution in [2.45, 2.75) is 13.5 Å². The number of benzene rings is 1. The molecule has 1 aromatic carbocycles. The van der Waals surface area contributed by atoms with Crippen LogP contribution in [0, 0.1) is 0 Å². The number of carbonyl (C=O) groups excluding carboxylic acids is 1. The van der Waals surface area contributed by atoms with Crippen molar-refractivity contribution in [1.82, 2.24) is 4.57 Å². The van der Waals surface area contributed by atoms with Crippen molar-refractivity contribution in [2.75, 3.05) is 6.61 Å². The molecule has 0 unspecified atom stereocenters. The average molecular weight is 330 g/mol. The molecule has 0 aliphatic carbocycles. The SMILES string of the molecule is CCOC(=O)Cn1c(O)c(/C=C2\C=Nc3ccccc32)sc1=O. The molecule has 0 amide bonds. The minimum Gasteiger partial charge on any atom is -0.493 e. The maximum Gasteiger partial charge on any atom is 0.326 e. The number of esters is 1. The number of thiazole rings is 1. The van der Waals surface area contributed by atoms with E-state index in [-0.39, 0.29) is 19.0 Å². The number of ether oxygens (including phenoxy) is 1. The van der Waals surface area contributed by atoms with Gasteiger partial charge in [-0.15, -0.1) is 0 Å². The summed E-state index contributed by atoms with van der Waals surface area (Å²) < 4.78 is 5.81. The number of hydrogen-bond donors (Lipinski definition) is 1. The quantitative estimate of drug-likeness (QED) is 0.873. The van der Waals surface area contributed by atoms with Crippen molar-refractivity contribution in [1.29, 1.82) is 0 Å². The molecule has 2 aromatic rings. The Bertz CT molecular complexity index is 876. The van der Waals surface area contributed by atoms with Gasteiger partial charge in [-0.25, -0.2) is 0 Å². The summed E-state index contributed by atoms with van der Waals surface area (Å²) in [5.41, 5.74) is 2.58. The normalized spacial score (nSPS) is 14.2. The minimum absolute atomic E-state index is 0.225. The maximum absolute atomic E-state index is 12.0. The van der Waals surface area contributed by atoms with Crippen LogP contribution in [0.4, 0.5) is 5.69 Å². The number of aliphatic imine (C=N–C) groups is 1. The third kappa shape index (κ3) is 2.95. The molecule has 23 heavy (non-hydrogen) atoms. The first-order valence-electron chi connectivity index (χ1n) is 7.03. The van der Waals surface area contributed by atoms with Gasteiger partial charge in [0.05, 0.1) is 17.2 Å². The largest absolute Gasteiger partial charge is 0.493 e. The Morgan fingerprint density at radius 1 is 1.43 bits per heavy atom. The van der Waals surface area contributed by atoms with Crippen LogP contribution in [0.25, 0.3) is 11.6 Å². The van der Waals surface area contributed by atoms with Gasteiger partial charge >= 0.3 is 10.8 Å². The van der Waals surface area contributed by atoms with Crippen molar-refractivity contribution in [3.8, 4) is 5.88 Å². The summed E-state index contributed by atoms with van der Waals surface area (Å²) >= 11 is 0.874. The van der Waals surface area contributed by atoms with Crippen molar-refractivity contribution < 1.29 is 14.6 Å². The van der Waals surface area contributed by atoms with Gasteiger partial charge in [-0.1, -0.05) is 29.5 Å². The summed E-state index contributed by atoms with van der Waals surface area (Å²) in [4.78, 5) is 27.7.